The molecule has 10 heteroatoms. The largest absolute Gasteiger partial charge is 0.322 e. The van der Waals surface area contributed by atoms with Crippen LogP contribution in [-0.4, -0.2) is 25.6 Å². The van der Waals surface area contributed by atoms with Gasteiger partial charge in [-0.2, -0.15) is 0 Å². The molecule has 0 unspecified atom stereocenters. The number of thiazole rings is 1. The average Bonchev–Trinajstić information content (AvgIpc) is 3.30. The van der Waals surface area contributed by atoms with Gasteiger partial charge in [-0.25, -0.2) is 22.2 Å². The molecule has 0 aliphatic heterocycles. The monoisotopic (exact) mass is 504 g/mol. The second kappa shape index (κ2) is 9.01. The zero-order valence-corrected chi connectivity index (χ0v) is 19.4. The van der Waals surface area contributed by atoms with Crippen LogP contribution < -0.4 is 5.32 Å². The molecule has 5 nitrogen and oxygen atoms in total. The highest BCUT2D eigenvalue weighted by Gasteiger charge is 2.19. The Morgan fingerprint density at radius 3 is 2.45 bits per heavy atom. The average molecular weight is 505 g/mol. The van der Waals surface area contributed by atoms with Gasteiger partial charge in [0.05, 0.1) is 9.92 Å². The zero-order chi connectivity index (χ0) is 23.8. The van der Waals surface area contributed by atoms with Crippen molar-refractivity contribution in [2.45, 2.75) is 4.90 Å². The number of halogens is 3. The van der Waals surface area contributed by atoms with Crippen LogP contribution in [0.2, 0.25) is 5.02 Å². The molecule has 0 spiro atoms. The summed E-state index contributed by atoms with van der Waals surface area (Å²) in [5.74, 6) is -2.74. The van der Waals surface area contributed by atoms with Gasteiger partial charge < -0.3 is 5.32 Å². The van der Waals surface area contributed by atoms with Gasteiger partial charge in [0.25, 0.3) is 5.91 Å². The first-order chi connectivity index (χ1) is 15.6. The second-order valence-electron chi connectivity index (χ2n) is 7.09. The Morgan fingerprint density at radius 2 is 1.79 bits per heavy atom. The summed E-state index contributed by atoms with van der Waals surface area (Å²) in [5.41, 5.74) is 1.45. The molecule has 3 aromatic carbocycles. The number of nitrogens with zero attached hydrogens (tertiary/aromatic N) is 1. The number of benzene rings is 3. The number of aromatic nitrogens is 1. The topological polar surface area (TPSA) is 76.1 Å². The first-order valence-corrected chi connectivity index (χ1v) is 12.6. The van der Waals surface area contributed by atoms with Crippen molar-refractivity contribution in [3.63, 3.8) is 0 Å². The molecule has 0 fully saturated rings. The van der Waals surface area contributed by atoms with Crippen molar-refractivity contribution in [1.82, 2.24) is 4.98 Å². The van der Waals surface area contributed by atoms with Crippen LogP contribution in [-0.2, 0) is 9.84 Å². The van der Waals surface area contributed by atoms with Gasteiger partial charge in [-0.05, 0) is 59.7 Å². The Balaban J connectivity index is 1.76. The molecule has 1 amide bonds. The number of amides is 1. The second-order valence-corrected chi connectivity index (χ2v) is 10.4. The molecule has 33 heavy (non-hydrogen) atoms. The van der Waals surface area contributed by atoms with E-state index in [1.165, 1.54) is 35.6 Å². The van der Waals surface area contributed by atoms with Crippen molar-refractivity contribution in [2.24, 2.45) is 0 Å². The summed E-state index contributed by atoms with van der Waals surface area (Å²) < 4.78 is 51.4. The number of rotatable bonds is 5. The van der Waals surface area contributed by atoms with Crippen LogP contribution in [0.25, 0.3) is 21.7 Å². The van der Waals surface area contributed by atoms with Gasteiger partial charge in [-0.15, -0.1) is 11.3 Å². The predicted octanol–water partition coefficient (Wildman–Crippen LogP) is 6.06. The van der Waals surface area contributed by atoms with Crippen molar-refractivity contribution < 1.29 is 22.0 Å². The quantitative estimate of drug-likeness (QED) is 0.358. The fourth-order valence-electron chi connectivity index (χ4n) is 3.18. The maximum atomic E-state index is 13.9. The standard InChI is InChI=1S/C23H15ClF2N2O3S2/c1-33(30,31)15-4-5-16(17(12-15)13-2-7-20(25)21(26)10-13)22(29)28-14-3-6-19(24)18(11-14)23-27-8-9-32-23/h2-12H,1H3,(H,28,29). The smallest absolute Gasteiger partial charge is 0.256 e. The maximum absolute atomic E-state index is 13.9. The van der Waals surface area contributed by atoms with E-state index in [0.717, 1.165) is 18.4 Å². The summed E-state index contributed by atoms with van der Waals surface area (Å²) in [5, 5.41) is 5.68. The third-order valence-electron chi connectivity index (χ3n) is 4.78. The van der Waals surface area contributed by atoms with E-state index in [1.54, 1.807) is 29.8 Å². The number of hydrogen-bond donors (Lipinski definition) is 1. The molecule has 1 N–H and O–H groups in total. The van der Waals surface area contributed by atoms with E-state index in [4.69, 9.17) is 11.6 Å². The van der Waals surface area contributed by atoms with Gasteiger partial charge in [-0.3, -0.25) is 4.79 Å². The molecule has 0 radical (unpaired) electrons. The minimum absolute atomic E-state index is 0.0590. The molecule has 0 saturated carbocycles. The molecule has 168 valence electrons. The van der Waals surface area contributed by atoms with Crippen molar-refractivity contribution in [3.8, 4) is 21.7 Å². The Labute approximate surface area is 197 Å². The minimum Gasteiger partial charge on any atom is -0.322 e. The maximum Gasteiger partial charge on any atom is 0.256 e. The summed E-state index contributed by atoms with van der Waals surface area (Å²) in [4.78, 5) is 17.3. The molecular formula is C23H15ClF2N2O3S2. The van der Waals surface area contributed by atoms with E-state index < -0.39 is 27.4 Å². The Morgan fingerprint density at radius 1 is 1.00 bits per heavy atom. The number of hydrogen-bond acceptors (Lipinski definition) is 5. The van der Waals surface area contributed by atoms with Gasteiger partial charge in [-0.1, -0.05) is 17.7 Å². The molecule has 4 aromatic rings. The van der Waals surface area contributed by atoms with E-state index in [2.05, 4.69) is 10.3 Å². The van der Waals surface area contributed by atoms with Crippen LogP contribution in [0, 0.1) is 11.6 Å². The molecule has 1 aromatic heterocycles. The number of carbonyl (C=O) groups is 1. The number of nitrogens with one attached hydrogen (secondary N) is 1. The lowest BCUT2D eigenvalue weighted by molar-refractivity contribution is 0.102. The lowest BCUT2D eigenvalue weighted by Crippen LogP contribution is -2.14. The molecule has 0 atom stereocenters. The van der Waals surface area contributed by atoms with Crippen LogP contribution >= 0.6 is 22.9 Å². The van der Waals surface area contributed by atoms with E-state index >= 15 is 0 Å². The van der Waals surface area contributed by atoms with Gasteiger partial charge in [0, 0.05) is 34.6 Å². The summed E-state index contributed by atoms with van der Waals surface area (Å²) in [7, 11) is -3.61. The lowest BCUT2D eigenvalue weighted by Gasteiger charge is -2.13. The Bertz CT molecular complexity index is 1470. The summed E-state index contributed by atoms with van der Waals surface area (Å²) >= 11 is 7.65. The normalized spacial score (nSPS) is 11.4. The number of sulfone groups is 1. The molecule has 0 aliphatic rings. The van der Waals surface area contributed by atoms with Crippen molar-refractivity contribution >= 4 is 44.4 Å². The van der Waals surface area contributed by atoms with Gasteiger partial charge in [0.15, 0.2) is 21.5 Å². The van der Waals surface area contributed by atoms with E-state index in [-0.39, 0.29) is 21.6 Å². The highest BCUT2D eigenvalue weighted by molar-refractivity contribution is 7.90. The van der Waals surface area contributed by atoms with Gasteiger partial charge in [0.2, 0.25) is 0 Å². The summed E-state index contributed by atoms with van der Waals surface area (Å²) in [6.07, 6.45) is 2.66. The van der Waals surface area contributed by atoms with Crippen molar-refractivity contribution in [1.29, 1.82) is 0 Å². The van der Waals surface area contributed by atoms with Crippen LogP contribution in [0.5, 0.6) is 0 Å². The third-order valence-corrected chi connectivity index (χ3v) is 7.03. The molecule has 0 aliphatic carbocycles. The van der Waals surface area contributed by atoms with Crippen molar-refractivity contribution in [3.05, 3.63) is 88.4 Å². The zero-order valence-electron chi connectivity index (χ0n) is 17.0. The molecule has 0 bridgehead atoms. The van der Waals surface area contributed by atoms with E-state index in [1.807, 2.05) is 0 Å². The number of anilines is 1. The first kappa shape index (κ1) is 23.0. The van der Waals surface area contributed by atoms with Gasteiger partial charge in [0.1, 0.15) is 5.01 Å². The lowest BCUT2D eigenvalue weighted by atomic mass is 9.98. The molecule has 1 heterocycles. The number of carbonyl (C=O) groups excluding carboxylic acids is 1. The Hall–Kier alpha value is -3.14. The molecule has 0 saturated heterocycles. The Kier molecular flexibility index (Phi) is 6.29. The van der Waals surface area contributed by atoms with E-state index in [0.29, 0.717) is 21.3 Å². The van der Waals surface area contributed by atoms with Crippen LogP contribution in [0.1, 0.15) is 10.4 Å². The highest BCUT2D eigenvalue weighted by atomic mass is 35.5. The van der Waals surface area contributed by atoms with Crippen molar-refractivity contribution in [2.75, 3.05) is 11.6 Å². The van der Waals surface area contributed by atoms with Crippen LogP contribution in [0.15, 0.2) is 71.1 Å². The van der Waals surface area contributed by atoms with Crippen LogP contribution in [0.3, 0.4) is 0 Å². The fourth-order valence-corrected chi connectivity index (χ4v) is 4.75. The van der Waals surface area contributed by atoms with E-state index in [9.17, 15) is 22.0 Å². The van der Waals surface area contributed by atoms with Gasteiger partial charge >= 0.3 is 0 Å². The summed E-state index contributed by atoms with van der Waals surface area (Å²) in [6, 6.07) is 11.9. The fraction of sp³-hybridized carbons (Fsp3) is 0.0435. The SMILES string of the molecule is CS(=O)(=O)c1ccc(C(=O)Nc2ccc(Cl)c(-c3nccs3)c2)c(-c2ccc(F)c(F)c2)c1. The first-order valence-electron chi connectivity index (χ1n) is 9.44. The van der Waals surface area contributed by atoms with Crippen LogP contribution in [0.4, 0.5) is 14.5 Å². The molecular weight excluding hydrogens is 490 g/mol. The highest BCUT2D eigenvalue weighted by Crippen LogP contribution is 2.33. The third kappa shape index (κ3) is 4.95. The minimum atomic E-state index is -3.61. The molecule has 4 rings (SSSR count). The predicted molar refractivity (Wildman–Crippen MR) is 125 cm³/mol. The summed E-state index contributed by atoms with van der Waals surface area (Å²) in [6.45, 7) is 0.